The van der Waals surface area contributed by atoms with E-state index in [0.717, 1.165) is 19.4 Å². The molecule has 1 aliphatic heterocycles. The fraction of sp³-hybridized carbons (Fsp3) is 0.632. The maximum absolute atomic E-state index is 12.2. The molecule has 0 aliphatic carbocycles. The average Bonchev–Trinajstić information content (AvgIpc) is 2.52. The predicted molar refractivity (Wildman–Crippen MR) is 91.2 cm³/mol. The zero-order valence-electron chi connectivity index (χ0n) is 14.7. The molecular formula is C19H29NO3. The van der Waals surface area contributed by atoms with Crippen molar-refractivity contribution in [2.24, 2.45) is 5.92 Å². The SMILES string of the molecule is CC(OCc1ccccc1)C1CCCN(C(=O)OC(C)(C)C)C1. The minimum absolute atomic E-state index is 0.125. The van der Waals surface area contributed by atoms with Crippen molar-refractivity contribution < 1.29 is 14.3 Å². The Morgan fingerprint density at radius 2 is 2.00 bits per heavy atom. The van der Waals surface area contributed by atoms with Gasteiger partial charge in [-0.15, -0.1) is 0 Å². The van der Waals surface area contributed by atoms with Crippen LogP contribution in [-0.4, -0.2) is 35.8 Å². The van der Waals surface area contributed by atoms with Crippen LogP contribution in [0.2, 0.25) is 0 Å². The van der Waals surface area contributed by atoms with Crippen LogP contribution in [0.15, 0.2) is 30.3 Å². The summed E-state index contributed by atoms with van der Waals surface area (Å²) in [4.78, 5) is 14.0. The molecule has 1 aliphatic rings. The molecule has 1 aromatic rings. The maximum Gasteiger partial charge on any atom is 0.410 e. The molecule has 0 N–H and O–H groups in total. The number of hydrogen-bond acceptors (Lipinski definition) is 3. The average molecular weight is 319 g/mol. The number of hydrogen-bond donors (Lipinski definition) is 0. The van der Waals surface area contributed by atoms with Crippen LogP contribution in [0.1, 0.15) is 46.1 Å². The first-order valence-electron chi connectivity index (χ1n) is 8.48. The minimum atomic E-state index is -0.445. The Hall–Kier alpha value is -1.55. The standard InChI is InChI=1S/C19H29NO3/c1-15(22-14-16-9-6-5-7-10-16)17-11-8-12-20(13-17)18(21)23-19(2,3)4/h5-7,9-10,15,17H,8,11-14H2,1-4H3. The molecule has 2 rings (SSSR count). The number of carbonyl (C=O) groups is 1. The van der Waals surface area contributed by atoms with Gasteiger partial charge in [0, 0.05) is 19.0 Å². The van der Waals surface area contributed by atoms with Crippen molar-refractivity contribution >= 4 is 6.09 Å². The lowest BCUT2D eigenvalue weighted by Gasteiger charge is -2.36. The summed E-state index contributed by atoms with van der Waals surface area (Å²) in [6, 6.07) is 10.2. The quantitative estimate of drug-likeness (QED) is 0.833. The van der Waals surface area contributed by atoms with E-state index in [2.05, 4.69) is 19.1 Å². The normalized spacial score (nSPS) is 20.2. The molecule has 1 amide bonds. The van der Waals surface area contributed by atoms with Gasteiger partial charge >= 0.3 is 6.09 Å². The molecule has 0 aromatic heterocycles. The third-order valence-corrected chi connectivity index (χ3v) is 4.13. The second kappa shape index (κ2) is 7.82. The van der Waals surface area contributed by atoms with Crippen LogP contribution in [0, 0.1) is 5.92 Å². The van der Waals surface area contributed by atoms with Crippen LogP contribution in [0.4, 0.5) is 4.79 Å². The van der Waals surface area contributed by atoms with Gasteiger partial charge in [0.15, 0.2) is 0 Å². The third-order valence-electron chi connectivity index (χ3n) is 4.13. The van der Waals surface area contributed by atoms with Crippen LogP contribution in [0.3, 0.4) is 0 Å². The van der Waals surface area contributed by atoms with E-state index in [1.165, 1.54) is 5.56 Å². The topological polar surface area (TPSA) is 38.8 Å². The van der Waals surface area contributed by atoms with Gasteiger partial charge in [-0.05, 0) is 46.1 Å². The second-order valence-electron chi connectivity index (χ2n) is 7.33. The van der Waals surface area contributed by atoms with Crippen LogP contribution in [0.5, 0.6) is 0 Å². The highest BCUT2D eigenvalue weighted by Crippen LogP contribution is 2.24. The van der Waals surface area contributed by atoms with Crippen molar-refractivity contribution in [3.8, 4) is 0 Å². The summed E-state index contributed by atoms with van der Waals surface area (Å²) < 4.78 is 11.5. The van der Waals surface area contributed by atoms with Gasteiger partial charge in [0.05, 0.1) is 12.7 Å². The van der Waals surface area contributed by atoms with Gasteiger partial charge in [0.25, 0.3) is 0 Å². The fourth-order valence-electron chi connectivity index (χ4n) is 2.82. The number of amides is 1. The lowest BCUT2D eigenvalue weighted by molar-refractivity contribution is -0.0226. The number of likely N-dealkylation sites (tertiary alicyclic amines) is 1. The number of carbonyl (C=O) groups excluding carboxylic acids is 1. The van der Waals surface area contributed by atoms with Gasteiger partial charge in [-0.25, -0.2) is 4.79 Å². The third kappa shape index (κ3) is 5.87. The molecule has 1 fully saturated rings. The Morgan fingerprint density at radius 3 is 2.65 bits per heavy atom. The minimum Gasteiger partial charge on any atom is -0.444 e. The highest BCUT2D eigenvalue weighted by atomic mass is 16.6. The van der Waals surface area contributed by atoms with Crippen molar-refractivity contribution in [3.05, 3.63) is 35.9 Å². The second-order valence-corrected chi connectivity index (χ2v) is 7.33. The number of piperidine rings is 1. The van der Waals surface area contributed by atoms with Crippen molar-refractivity contribution in [3.63, 3.8) is 0 Å². The van der Waals surface area contributed by atoms with Gasteiger partial charge in [-0.3, -0.25) is 0 Å². The van der Waals surface area contributed by atoms with Gasteiger partial charge in [-0.2, -0.15) is 0 Å². The molecule has 4 heteroatoms. The molecular weight excluding hydrogens is 290 g/mol. The molecule has 1 aromatic carbocycles. The molecule has 0 bridgehead atoms. The Bertz CT molecular complexity index is 495. The first-order valence-corrected chi connectivity index (χ1v) is 8.48. The summed E-state index contributed by atoms with van der Waals surface area (Å²) in [5.74, 6) is 0.361. The summed E-state index contributed by atoms with van der Waals surface area (Å²) in [6.45, 7) is 9.91. The lowest BCUT2D eigenvalue weighted by Crippen LogP contribution is -2.45. The van der Waals surface area contributed by atoms with Crippen molar-refractivity contribution in [1.82, 2.24) is 4.90 Å². The van der Waals surface area contributed by atoms with Crippen molar-refractivity contribution in [2.45, 2.75) is 58.8 Å². The zero-order valence-corrected chi connectivity index (χ0v) is 14.7. The summed E-state index contributed by atoms with van der Waals surface area (Å²) in [5.41, 5.74) is 0.735. The first kappa shape index (κ1) is 17.8. The van der Waals surface area contributed by atoms with Gasteiger partial charge < -0.3 is 14.4 Å². The summed E-state index contributed by atoms with van der Waals surface area (Å²) in [7, 11) is 0. The van der Waals surface area contributed by atoms with Gasteiger partial charge in [0.2, 0.25) is 0 Å². The molecule has 2 atom stereocenters. The first-order chi connectivity index (χ1) is 10.8. The van der Waals surface area contributed by atoms with E-state index in [-0.39, 0.29) is 12.2 Å². The fourth-order valence-corrected chi connectivity index (χ4v) is 2.82. The van der Waals surface area contributed by atoms with Crippen LogP contribution in [-0.2, 0) is 16.1 Å². The highest BCUT2D eigenvalue weighted by Gasteiger charge is 2.30. The Balaban J connectivity index is 1.84. The van der Waals surface area contributed by atoms with Crippen LogP contribution in [0.25, 0.3) is 0 Å². The van der Waals surface area contributed by atoms with Crippen molar-refractivity contribution in [2.75, 3.05) is 13.1 Å². The molecule has 1 heterocycles. The van der Waals surface area contributed by atoms with Crippen molar-refractivity contribution in [1.29, 1.82) is 0 Å². The van der Waals surface area contributed by atoms with E-state index >= 15 is 0 Å². The smallest absolute Gasteiger partial charge is 0.410 e. The maximum atomic E-state index is 12.2. The summed E-state index contributed by atoms with van der Waals surface area (Å²) >= 11 is 0. The molecule has 0 saturated carbocycles. The molecule has 0 radical (unpaired) electrons. The molecule has 128 valence electrons. The van der Waals surface area contributed by atoms with E-state index in [9.17, 15) is 4.79 Å². The van der Waals surface area contributed by atoms with E-state index in [4.69, 9.17) is 9.47 Å². The Morgan fingerprint density at radius 1 is 1.30 bits per heavy atom. The van der Waals surface area contributed by atoms with Gasteiger partial charge in [-0.1, -0.05) is 30.3 Å². The Labute approximate surface area is 139 Å². The van der Waals surface area contributed by atoms with Crippen LogP contribution >= 0.6 is 0 Å². The summed E-state index contributed by atoms with van der Waals surface area (Å²) in [5, 5.41) is 0. The monoisotopic (exact) mass is 319 g/mol. The number of ether oxygens (including phenoxy) is 2. The van der Waals surface area contributed by atoms with Crippen LogP contribution < -0.4 is 0 Å². The molecule has 4 nitrogen and oxygen atoms in total. The molecule has 2 unspecified atom stereocenters. The van der Waals surface area contributed by atoms with Gasteiger partial charge in [0.1, 0.15) is 5.60 Å². The number of rotatable bonds is 4. The molecule has 23 heavy (non-hydrogen) atoms. The van der Waals surface area contributed by atoms with E-state index < -0.39 is 5.60 Å². The number of benzene rings is 1. The van der Waals surface area contributed by atoms with E-state index in [1.54, 1.807) is 0 Å². The highest BCUT2D eigenvalue weighted by molar-refractivity contribution is 5.68. The number of nitrogens with zero attached hydrogens (tertiary/aromatic N) is 1. The molecule has 0 spiro atoms. The predicted octanol–water partition coefficient (Wildman–Crippen LogP) is 4.24. The van der Waals surface area contributed by atoms with E-state index in [0.29, 0.717) is 19.1 Å². The molecule has 1 saturated heterocycles. The summed E-state index contributed by atoms with van der Waals surface area (Å²) in [6.07, 6.45) is 2.01. The lowest BCUT2D eigenvalue weighted by atomic mass is 9.93. The van der Waals surface area contributed by atoms with E-state index in [1.807, 2.05) is 43.9 Å². The largest absolute Gasteiger partial charge is 0.444 e. The Kier molecular flexibility index (Phi) is 6.05. The zero-order chi connectivity index (χ0) is 16.9.